The third-order valence-corrected chi connectivity index (χ3v) is 24.1. The van der Waals surface area contributed by atoms with E-state index in [-0.39, 0.29) is 22.1 Å². The number of fused-ring (bicyclic) bond motifs is 25. The van der Waals surface area contributed by atoms with Gasteiger partial charge in [0.15, 0.2) is 0 Å². The second-order valence-corrected chi connectivity index (χ2v) is 34.6. The maximum absolute atomic E-state index is 13.9. The molecular weight excluding hydrogens is 1470 g/mol. The van der Waals surface area contributed by atoms with Crippen molar-refractivity contribution in [1.29, 1.82) is 0 Å². The number of para-hydroxylation sites is 5. The van der Waals surface area contributed by atoms with E-state index in [9.17, 15) is 17.6 Å². The predicted octanol–water partition coefficient (Wildman–Crippen LogP) is 31.1. The zero-order valence-corrected chi connectivity index (χ0v) is 70.6. The molecule has 594 valence electrons. The molecule has 5 aliphatic heterocycles. The third-order valence-electron chi connectivity index (χ3n) is 24.1. The Morgan fingerprint density at radius 3 is 0.655 bits per heavy atom. The van der Waals surface area contributed by atoms with Crippen molar-refractivity contribution in [3.8, 4) is 111 Å². The van der Waals surface area contributed by atoms with E-state index >= 15 is 0 Å². The minimum atomic E-state index is -4.36. The number of benzene rings is 15. The van der Waals surface area contributed by atoms with Crippen molar-refractivity contribution in [2.24, 2.45) is 0 Å². The monoisotopic (exact) mass is 1570 g/mol. The van der Waals surface area contributed by atoms with Crippen LogP contribution in [0, 0.1) is 5.82 Å². The molecule has 0 radical (unpaired) electrons. The van der Waals surface area contributed by atoms with Crippen LogP contribution in [0.15, 0.2) is 328 Å². The standard InChI is InChI=1S/C27H31N.C23H23N.C21H18FN.C20H14F3N.C19H15N/c1-26(2,3)18-12-14-24-22(16-18)20-10-8-9-11-21(20)23-17-19(27(4,5)6)13-15-25(23)28(24)7;1-23(2,3)16-13-14-22-20(15-16)18-10-6-5-9-17(18)19-11-7-8-12-21(19)24(22)4;1-3-14-8-10-16-17-6-4-5-7-20(17)23(2)21-11-9-15(22)13-19(21)18(16)12-14;1-24-18-9-5-4-8-16(18)14-6-2-3-7-15(14)17-12-13(20(21,22)23)10-11-19(17)24;1-20-18-12-6-4-10-16(18)14-8-2-3-9-15(14)17-11-5-7-13-19(17)20/h8-17H,1-7H3;5-15H,1-4H3;4-13H,3H2,1-2H3;2-12H,1H3;2-13H,1H3. The molecule has 119 heavy (non-hydrogen) atoms. The van der Waals surface area contributed by atoms with Gasteiger partial charge in [0.25, 0.3) is 0 Å². The molecule has 0 amide bonds. The summed E-state index contributed by atoms with van der Waals surface area (Å²) in [7, 11) is 10.4. The zero-order chi connectivity index (χ0) is 83.6. The Hall–Kier alpha value is -13.0. The molecule has 0 fully saturated rings. The summed E-state index contributed by atoms with van der Waals surface area (Å²) in [6.45, 7) is 22.7. The Morgan fingerprint density at radius 2 is 0.403 bits per heavy atom. The van der Waals surface area contributed by atoms with Gasteiger partial charge in [-0.25, -0.2) is 4.39 Å². The van der Waals surface area contributed by atoms with Crippen molar-refractivity contribution in [1.82, 2.24) is 0 Å². The smallest absolute Gasteiger partial charge is 0.344 e. The predicted molar refractivity (Wildman–Crippen MR) is 497 cm³/mol. The summed E-state index contributed by atoms with van der Waals surface area (Å²) in [5, 5.41) is 0. The first-order valence-electron chi connectivity index (χ1n) is 41.2. The van der Waals surface area contributed by atoms with Gasteiger partial charge < -0.3 is 24.5 Å². The van der Waals surface area contributed by atoms with Gasteiger partial charge in [0.05, 0.1) is 5.56 Å². The van der Waals surface area contributed by atoms with Crippen molar-refractivity contribution < 1.29 is 17.6 Å². The van der Waals surface area contributed by atoms with Crippen LogP contribution < -0.4 is 24.5 Å². The van der Waals surface area contributed by atoms with Crippen LogP contribution >= 0.6 is 0 Å². The summed E-state index contributed by atoms with van der Waals surface area (Å²) < 4.78 is 53.5. The fourth-order valence-corrected chi connectivity index (χ4v) is 17.5. The number of anilines is 10. The lowest BCUT2D eigenvalue weighted by atomic mass is 9.83. The van der Waals surface area contributed by atoms with Gasteiger partial charge in [0, 0.05) is 148 Å². The average Bonchev–Trinajstić information content (AvgIpc) is 1.62. The van der Waals surface area contributed by atoms with Gasteiger partial charge in [-0.1, -0.05) is 294 Å². The second-order valence-electron chi connectivity index (χ2n) is 34.6. The van der Waals surface area contributed by atoms with Gasteiger partial charge in [-0.15, -0.1) is 0 Å². The molecule has 0 N–H and O–H groups in total. The Bertz CT molecular complexity index is 6060. The lowest BCUT2D eigenvalue weighted by Gasteiger charge is -2.26. The number of halogens is 4. The SMILES string of the molecule is CCc1ccc2c(c1)-c1cc(F)ccc1N(C)c1ccccc1-2.CN1c2ccc(C(C)(C)C)cc2-c2ccccc2-c2cc(C(C)(C)C)ccc21.CN1c2ccccc2-c2ccccc2-c2cc(C(C)(C)C)ccc21.CN1c2ccccc2-c2ccccc2-c2cc(C(F)(F)F)ccc21.CN1c2ccccc2-c2ccccc2-c2ccccc21. The number of nitrogens with zero attached hydrogens (tertiary/aromatic N) is 5. The molecule has 0 saturated heterocycles. The average molecular weight is 1570 g/mol. The van der Waals surface area contributed by atoms with Crippen molar-refractivity contribution in [2.45, 2.75) is 98.1 Å². The quantitative estimate of drug-likeness (QED) is 0.152. The van der Waals surface area contributed by atoms with E-state index < -0.39 is 11.7 Å². The number of alkyl halides is 3. The van der Waals surface area contributed by atoms with Crippen molar-refractivity contribution in [3.05, 3.63) is 361 Å². The second kappa shape index (κ2) is 31.8. The van der Waals surface area contributed by atoms with Crippen LogP contribution in [0.4, 0.5) is 74.4 Å². The molecular formula is C110H101F4N5. The highest BCUT2D eigenvalue weighted by Gasteiger charge is 2.35. The summed E-state index contributed by atoms with van der Waals surface area (Å²) in [5.74, 6) is -0.198. The number of hydrogen-bond acceptors (Lipinski definition) is 5. The van der Waals surface area contributed by atoms with E-state index in [0.29, 0.717) is 5.56 Å². The summed E-state index contributed by atoms with van der Waals surface area (Å²) >= 11 is 0. The molecule has 15 aromatic rings. The molecule has 5 heterocycles. The molecule has 20 rings (SSSR count). The Balaban J connectivity index is 0.000000111. The van der Waals surface area contributed by atoms with Crippen molar-refractivity contribution in [2.75, 3.05) is 59.7 Å². The molecule has 9 heteroatoms. The minimum absolute atomic E-state index is 0.126. The van der Waals surface area contributed by atoms with Crippen LogP contribution in [-0.2, 0) is 28.8 Å². The molecule has 0 saturated carbocycles. The largest absolute Gasteiger partial charge is 0.416 e. The van der Waals surface area contributed by atoms with E-state index in [2.05, 4.69) is 347 Å². The Morgan fingerprint density at radius 1 is 0.202 bits per heavy atom. The minimum Gasteiger partial charge on any atom is -0.344 e. The molecule has 5 nitrogen and oxygen atoms in total. The topological polar surface area (TPSA) is 16.2 Å². The fourth-order valence-electron chi connectivity index (χ4n) is 17.5. The normalized spacial score (nSPS) is 12.8. The van der Waals surface area contributed by atoms with Crippen molar-refractivity contribution in [3.63, 3.8) is 0 Å². The third kappa shape index (κ3) is 15.3. The summed E-state index contributed by atoms with van der Waals surface area (Å²) in [6.07, 6.45) is -3.39. The van der Waals surface area contributed by atoms with Gasteiger partial charge in [0.2, 0.25) is 0 Å². The fraction of sp³-hybridized carbons (Fsp3) is 0.182. The molecule has 0 spiro atoms. The van der Waals surface area contributed by atoms with Crippen LogP contribution in [0.2, 0.25) is 0 Å². The maximum atomic E-state index is 13.9. The highest BCUT2D eigenvalue weighted by atomic mass is 19.4. The van der Waals surface area contributed by atoms with E-state index in [1.165, 1.54) is 141 Å². The van der Waals surface area contributed by atoms with Crippen LogP contribution in [0.5, 0.6) is 0 Å². The van der Waals surface area contributed by atoms with Gasteiger partial charge in [-0.3, -0.25) is 0 Å². The first-order valence-corrected chi connectivity index (χ1v) is 41.2. The molecule has 0 bridgehead atoms. The van der Waals surface area contributed by atoms with Gasteiger partial charge in [-0.05, 0) is 204 Å². The lowest BCUT2D eigenvalue weighted by Crippen LogP contribution is -2.15. The van der Waals surface area contributed by atoms with E-state index in [1.54, 1.807) is 12.1 Å². The highest BCUT2D eigenvalue weighted by molar-refractivity contribution is 6.05. The summed E-state index contributed by atoms with van der Waals surface area (Å²) in [5.41, 5.74) is 40.1. The Kier molecular flexibility index (Phi) is 21.3. The number of rotatable bonds is 1. The van der Waals surface area contributed by atoms with Crippen LogP contribution in [0.25, 0.3) is 111 Å². The van der Waals surface area contributed by atoms with E-state index in [4.69, 9.17) is 0 Å². The first kappa shape index (κ1) is 79.8. The van der Waals surface area contributed by atoms with Gasteiger partial charge in [0.1, 0.15) is 5.82 Å². The van der Waals surface area contributed by atoms with Gasteiger partial charge in [-0.2, -0.15) is 13.2 Å². The summed E-state index contributed by atoms with van der Waals surface area (Å²) in [6, 6.07) is 112. The van der Waals surface area contributed by atoms with Gasteiger partial charge >= 0.3 is 6.18 Å². The van der Waals surface area contributed by atoms with E-state index in [1.807, 2.05) is 79.7 Å². The molecule has 15 aromatic carbocycles. The molecule has 0 atom stereocenters. The lowest BCUT2D eigenvalue weighted by molar-refractivity contribution is -0.137. The van der Waals surface area contributed by atoms with Crippen LogP contribution in [0.1, 0.15) is 97.1 Å². The van der Waals surface area contributed by atoms with E-state index in [0.717, 1.165) is 68.6 Å². The highest BCUT2D eigenvalue weighted by Crippen LogP contribution is 2.55. The maximum Gasteiger partial charge on any atom is 0.416 e. The molecule has 0 unspecified atom stereocenters. The molecule has 5 aliphatic rings. The first-order chi connectivity index (χ1) is 57.0. The molecule has 0 aromatic heterocycles. The Labute approximate surface area is 700 Å². The molecule has 0 aliphatic carbocycles. The van der Waals surface area contributed by atoms with Crippen LogP contribution in [-0.4, -0.2) is 35.2 Å². The number of hydrogen-bond donors (Lipinski definition) is 0. The summed E-state index contributed by atoms with van der Waals surface area (Å²) in [4.78, 5) is 11.0. The van der Waals surface area contributed by atoms with Crippen molar-refractivity contribution >= 4 is 56.9 Å². The number of aryl methyl sites for hydroxylation is 1. The van der Waals surface area contributed by atoms with Crippen LogP contribution in [0.3, 0.4) is 0 Å². The zero-order valence-electron chi connectivity index (χ0n) is 70.6.